The van der Waals surface area contributed by atoms with Gasteiger partial charge < -0.3 is 9.64 Å². The Balaban J connectivity index is 1.73. The predicted octanol–water partition coefficient (Wildman–Crippen LogP) is 2.31. The predicted molar refractivity (Wildman–Crippen MR) is 101 cm³/mol. The highest BCUT2D eigenvalue weighted by Crippen LogP contribution is 2.24. The van der Waals surface area contributed by atoms with Gasteiger partial charge in [-0.1, -0.05) is 12.1 Å². The summed E-state index contributed by atoms with van der Waals surface area (Å²) in [7, 11) is 3.52. The normalized spacial score (nSPS) is 15.6. The van der Waals surface area contributed by atoms with Gasteiger partial charge in [0.1, 0.15) is 11.6 Å². The number of benzene rings is 2. The van der Waals surface area contributed by atoms with Crippen LogP contribution in [0.1, 0.15) is 5.82 Å². The summed E-state index contributed by atoms with van der Waals surface area (Å²) >= 11 is 0. The third-order valence-corrected chi connectivity index (χ3v) is 4.86. The third-order valence-electron chi connectivity index (χ3n) is 4.86. The number of ether oxygens (including phenoxy) is 1. The van der Waals surface area contributed by atoms with Gasteiger partial charge in [-0.3, -0.25) is 14.3 Å². The number of imidazole rings is 1. The highest BCUT2D eigenvalue weighted by Gasteiger charge is 2.23. The molecule has 2 aromatic carbocycles. The van der Waals surface area contributed by atoms with Crippen LogP contribution < -0.4 is 4.74 Å². The van der Waals surface area contributed by atoms with E-state index in [2.05, 4.69) is 15.5 Å². The third kappa shape index (κ3) is 3.04. The van der Waals surface area contributed by atoms with Crippen LogP contribution in [0.3, 0.4) is 0 Å². The lowest BCUT2D eigenvalue weighted by molar-refractivity contribution is -0.134. The van der Waals surface area contributed by atoms with Crippen molar-refractivity contribution in [2.24, 2.45) is 0 Å². The van der Waals surface area contributed by atoms with E-state index >= 15 is 0 Å². The molecule has 0 unspecified atom stereocenters. The number of hydrogen-bond donors (Lipinski definition) is 0. The zero-order chi connectivity index (χ0) is 18.1. The van der Waals surface area contributed by atoms with Crippen LogP contribution in [0.4, 0.5) is 0 Å². The molecule has 1 fully saturated rings. The van der Waals surface area contributed by atoms with Crippen LogP contribution in [0.25, 0.3) is 16.7 Å². The molecule has 6 nitrogen and oxygen atoms in total. The highest BCUT2D eigenvalue weighted by molar-refractivity contribution is 5.79. The monoisotopic (exact) mass is 350 g/mol. The summed E-state index contributed by atoms with van der Waals surface area (Å²) in [5.74, 6) is 1.92. The van der Waals surface area contributed by atoms with E-state index < -0.39 is 0 Å². The Kier molecular flexibility index (Phi) is 4.34. The van der Waals surface area contributed by atoms with Gasteiger partial charge >= 0.3 is 0 Å². The minimum absolute atomic E-state index is 0.156. The summed E-state index contributed by atoms with van der Waals surface area (Å²) in [5.41, 5.74) is 3.06. The molecule has 1 amide bonds. The fourth-order valence-corrected chi connectivity index (χ4v) is 3.34. The first-order valence-electron chi connectivity index (χ1n) is 8.73. The van der Waals surface area contributed by atoms with Crippen LogP contribution in [0, 0.1) is 0 Å². The maximum atomic E-state index is 12.0. The van der Waals surface area contributed by atoms with Crippen molar-refractivity contribution in [3.63, 3.8) is 0 Å². The smallest absolute Gasteiger partial charge is 0.236 e. The summed E-state index contributed by atoms with van der Waals surface area (Å²) in [6, 6.07) is 16.1. The van der Waals surface area contributed by atoms with Crippen molar-refractivity contribution in [3.8, 4) is 11.4 Å². The minimum atomic E-state index is 0.156. The van der Waals surface area contributed by atoms with Gasteiger partial charge in [0.2, 0.25) is 5.91 Å². The molecular formula is C20H22N4O2. The summed E-state index contributed by atoms with van der Waals surface area (Å²) < 4.78 is 7.44. The zero-order valence-corrected chi connectivity index (χ0v) is 15.1. The fourth-order valence-electron chi connectivity index (χ4n) is 3.34. The molecular weight excluding hydrogens is 328 g/mol. The molecule has 0 N–H and O–H groups in total. The van der Waals surface area contributed by atoms with Crippen molar-refractivity contribution in [1.29, 1.82) is 0 Å². The number of amides is 1. The molecule has 26 heavy (non-hydrogen) atoms. The second kappa shape index (κ2) is 6.80. The minimum Gasteiger partial charge on any atom is -0.497 e. The van der Waals surface area contributed by atoms with Gasteiger partial charge in [-0.2, -0.15) is 0 Å². The fraction of sp³-hybridized carbons (Fsp3) is 0.300. The largest absolute Gasteiger partial charge is 0.497 e. The quantitative estimate of drug-likeness (QED) is 0.725. The molecule has 0 atom stereocenters. The van der Waals surface area contributed by atoms with Crippen molar-refractivity contribution in [1.82, 2.24) is 19.4 Å². The van der Waals surface area contributed by atoms with Crippen molar-refractivity contribution in [2.75, 3.05) is 33.8 Å². The van der Waals surface area contributed by atoms with Crippen LogP contribution in [-0.4, -0.2) is 59.0 Å². The van der Waals surface area contributed by atoms with E-state index in [4.69, 9.17) is 9.72 Å². The second-order valence-corrected chi connectivity index (χ2v) is 6.58. The number of carbonyl (C=O) groups is 1. The van der Waals surface area contributed by atoms with E-state index in [1.165, 1.54) is 0 Å². The number of methoxy groups -OCH3 is 1. The topological polar surface area (TPSA) is 50.6 Å². The number of carbonyl (C=O) groups excluding carboxylic acids is 1. The van der Waals surface area contributed by atoms with Gasteiger partial charge in [0.15, 0.2) is 0 Å². The molecule has 1 aliphatic heterocycles. The van der Waals surface area contributed by atoms with Crippen molar-refractivity contribution in [3.05, 3.63) is 54.4 Å². The Morgan fingerprint density at radius 1 is 1.08 bits per heavy atom. The summed E-state index contributed by atoms with van der Waals surface area (Å²) in [6.07, 6.45) is 0. The molecule has 0 spiro atoms. The van der Waals surface area contributed by atoms with E-state index in [1.54, 1.807) is 12.0 Å². The number of rotatable bonds is 4. The van der Waals surface area contributed by atoms with Crippen LogP contribution in [0.5, 0.6) is 5.75 Å². The molecule has 0 saturated carbocycles. The summed E-state index contributed by atoms with van der Waals surface area (Å²) in [6.45, 7) is 2.68. The molecule has 4 rings (SSSR count). The average molecular weight is 350 g/mol. The van der Waals surface area contributed by atoms with Gasteiger partial charge in [0.25, 0.3) is 0 Å². The maximum Gasteiger partial charge on any atom is 0.236 e. The Hall–Kier alpha value is -2.86. The number of hydrogen-bond acceptors (Lipinski definition) is 4. The standard InChI is InChI=1S/C20H22N4O2/c1-22-11-12-23(14-20(22)25)13-19-21-17-5-3-4-6-18(17)24(19)15-7-9-16(26-2)10-8-15/h3-10H,11-14H2,1-2H3. The van der Waals surface area contributed by atoms with Crippen molar-refractivity contribution < 1.29 is 9.53 Å². The number of para-hydroxylation sites is 2. The molecule has 2 heterocycles. The molecule has 1 aromatic heterocycles. The second-order valence-electron chi connectivity index (χ2n) is 6.58. The summed E-state index contributed by atoms with van der Waals surface area (Å²) in [4.78, 5) is 20.8. The van der Waals surface area contributed by atoms with Gasteiger partial charge in [0, 0.05) is 25.8 Å². The molecule has 134 valence electrons. The summed E-state index contributed by atoms with van der Waals surface area (Å²) in [5, 5.41) is 0. The first-order chi connectivity index (χ1) is 12.7. The van der Waals surface area contributed by atoms with E-state index in [0.29, 0.717) is 13.1 Å². The van der Waals surface area contributed by atoms with Crippen LogP contribution >= 0.6 is 0 Å². The number of likely N-dealkylation sites (N-methyl/N-ethyl adjacent to an activating group) is 1. The Labute approximate surface area is 152 Å². The van der Waals surface area contributed by atoms with Crippen LogP contribution in [0.2, 0.25) is 0 Å². The molecule has 0 radical (unpaired) electrons. The van der Waals surface area contributed by atoms with Gasteiger partial charge in [-0.05, 0) is 36.4 Å². The molecule has 0 aliphatic carbocycles. The first kappa shape index (κ1) is 16.6. The SMILES string of the molecule is COc1ccc(-n2c(CN3CCN(C)C(=O)C3)nc3ccccc32)cc1. The van der Waals surface area contributed by atoms with Crippen molar-refractivity contribution in [2.45, 2.75) is 6.54 Å². The Morgan fingerprint density at radius 3 is 2.58 bits per heavy atom. The van der Waals surface area contributed by atoms with Gasteiger partial charge in [-0.15, -0.1) is 0 Å². The molecule has 6 heteroatoms. The molecule has 0 bridgehead atoms. The molecule has 1 saturated heterocycles. The zero-order valence-electron chi connectivity index (χ0n) is 15.1. The lowest BCUT2D eigenvalue weighted by Gasteiger charge is -2.31. The van der Waals surface area contributed by atoms with Crippen LogP contribution in [-0.2, 0) is 11.3 Å². The van der Waals surface area contributed by atoms with Gasteiger partial charge in [0.05, 0.1) is 31.2 Å². The molecule has 3 aromatic rings. The van der Waals surface area contributed by atoms with E-state index in [0.717, 1.165) is 41.4 Å². The Bertz CT molecular complexity index is 933. The average Bonchev–Trinajstić information content (AvgIpc) is 3.02. The molecule has 1 aliphatic rings. The maximum absolute atomic E-state index is 12.0. The van der Waals surface area contributed by atoms with E-state index in [9.17, 15) is 4.79 Å². The lowest BCUT2D eigenvalue weighted by atomic mass is 10.2. The van der Waals surface area contributed by atoms with Gasteiger partial charge in [-0.25, -0.2) is 4.98 Å². The number of piperazine rings is 1. The van der Waals surface area contributed by atoms with Crippen molar-refractivity contribution >= 4 is 16.9 Å². The number of aromatic nitrogens is 2. The lowest BCUT2D eigenvalue weighted by Crippen LogP contribution is -2.48. The number of fused-ring (bicyclic) bond motifs is 1. The first-order valence-corrected chi connectivity index (χ1v) is 8.73. The number of nitrogens with zero attached hydrogens (tertiary/aromatic N) is 4. The highest BCUT2D eigenvalue weighted by atomic mass is 16.5. The Morgan fingerprint density at radius 2 is 1.85 bits per heavy atom. The van der Waals surface area contributed by atoms with E-state index in [1.807, 2.05) is 49.5 Å². The van der Waals surface area contributed by atoms with E-state index in [-0.39, 0.29) is 5.91 Å². The van der Waals surface area contributed by atoms with Crippen LogP contribution in [0.15, 0.2) is 48.5 Å².